The molecule has 1 amide bonds. The van der Waals surface area contributed by atoms with Crippen molar-refractivity contribution >= 4 is 11.6 Å². The first-order valence-electron chi connectivity index (χ1n) is 7.20. The highest BCUT2D eigenvalue weighted by atomic mass is 19.1. The molecule has 0 bridgehead atoms. The van der Waals surface area contributed by atoms with Gasteiger partial charge in [0.25, 0.3) is 0 Å². The lowest BCUT2D eigenvalue weighted by Gasteiger charge is -2.15. The van der Waals surface area contributed by atoms with E-state index in [1.807, 2.05) is 13.2 Å². The average molecular weight is 303 g/mol. The van der Waals surface area contributed by atoms with Gasteiger partial charge in [0.15, 0.2) is 0 Å². The molecule has 22 heavy (non-hydrogen) atoms. The highest BCUT2D eigenvalue weighted by Gasteiger charge is 2.32. The number of nitrogens with zero attached hydrogens (tertiary/aromatic N) is 4. The van der Waals surface area contributed by atoms with Crippen molar-refractivity contribution in [3.8, 4) is 0 Å². The lowest BCUT2D eigenvalue weighted by atomic mass is 10.2. The molecule has 1 aliphatic rings. The largest absolute Gasteiger partial charge is 0.308 e. The van der Waals surface area contributed by atoms with Gasteiger partial charge in [-0.1, -0.05) is 6.07 Å². The summed E-state index contributed by atoms with van der Waals surface area (Å²) in [4.78, 5) is 18.0. The smallest absolute Gasteiger partial charge is 0.244 e. The van der Waals surface area contributed by atoms with Crippen LogP contribution in [0.3, 0.4) is 0 Å². The summed E-state index contributed by atoms with van der Waals surface area (Å²) in [5.41, 5.74) is 2.35. The highest BCUT2D eigenvalue weighted by Crippen LogP contribution is 2.21. The third-order valence-electron chi connectivity index (χ3n) is 3.91. The summed E-state index contributed by atoms with van der Waals surface area (Å²) in [7, 11) is 1.82. The minimum absolute atomic E-state index is 0.0423. The third kappa shape index (κ3) is 2.85. The SMILES string of the molecule is Cc1nc(F)ccc1CNC1CCN(c2cnn(C)c2)C1=O. The molecule has 0 radical (unpaired) electrons. The van der Waals surface area contributed by atoms with Crippen LogP contribution >= 0.6 is 0 Å². The first kappa shape index (κ1) is 14.6. The Morgan fingerprint density at radius 2 is 2.27 bits per heavy atom. The number of amides is 1. The van der Waals surface area contributed by atoms with E-state index in [0.29, 0.717) is 18.8 Å². The van der Waals surface area contributed by atoms with Crippen LogP contribution in [-0.4, -0.2) is 33.3 Å². The van der Waals surface area contributed by atoms with Crippen molar-refractivity contribution in [2.24, 2.45) is 7.05 Å². The summed E-state index contributed by atoms with van der Waals surface area (Å²) >= 11 is 0. The third-order valence-corrected chi connectivity index (χ3v) is 3.91. The number of pyridine rings is 1. The van der Waals surface area contributed by atoms with E-state index >= 15 is 0 Å². The maximum atomic E-state index is 13.0. The molecule has 2 aromatic heterocycles. The number of carbonyl (C=O) groups excluding carboxylic acids is 1. The predicted molar refractivity (Wildman–Crippen MR) is 79.7 cm³/mol. The van der Waals surface area contributed by atoms with Gasteiger partial charge in [0, 0.05) is 32.0 Å². The molecule has 0 saturated carbocycles. The maximum Gasteiger partial charge on any atom is 0.244 e. The average Bonchev–Trinajstić information content (AvgIpc) is 3.04. The molecule has 3 rings (SSSR count). The Morgan fingerprint density at radius 1 is 1.45 bits per heavy atom. The molecule has 3 heterocycles. The molecule has 0 aromatic carbocycles. The van der Waals surface area contributed by atoms with E-state index in [9.17, 15) is 9.18 Å². The van der Waals surface area contributed by atoms with E-state index < -0.39 is 5.95 Å². The lowest BCUT2D eigenvalue weighted by Crippen LogP contribution is -2.38. The fourth-order valence-corrected chi connectivity index (χ4v) is 2.65. The van der Waals surface area contributed by atoms with Crippen molar-refractivity contribution in [1.29, 1.82) is 0 Å². The zero-order valence-corrected chi connectivity index (χ0v) is 12.6. The molecule has 116 valence electrons. The summed E-state index contributed by atoms with van der Waals surface area (Å²) in [5, 5.41) is 7.33. The predicted octanol–water partition coefficient (Wildman–Crippen LogP) is 1.16. The van der Waals surface area contributed by atoms with Crippen molar-refractivity contribution in [3.63, 3.8) is 0 Å². The van der Waals surface area contributed by atoms with Crippen LogP contribution in [0, 0.1) is 12.9 Å². The Kier molecular flexibility index (Phi) is 3.89. The monoisotopic (exact) mass is 303 g/mol. The number of hydrogen-bond donors (Lipinski definition) is 1. The minimum Gasteiger partial charge on any atom is -0.308 e. The molecule has 1 fully saturated rings. The number of rotatable bonds is 4. The van der Waals surface area contributed by atoms with Gasteiger partial charge in [-0.3, -0.25) is 9.48 Å². The molecule has 2 aromatic rings. The van der Waals surface area contributed by atoms with Crippen LogP contribution in [0.25, 0.3) is 0 Å². The fourth-order valence-electron chi connectivity index (χ4n) is 2.65. The Bertz CT molecular complexity index is 699. The van der Waals surface area contributed by atoms with Crippen LogP contribution in [-0.2, 0) is 18.4 Å². The standard InChI is InChI=1S/C15H18FN5O/c1-10-11(3-4-14(16)19-10)7-17-13-5-6-21(15(13)22)12-8-18-20(2)9-12/h3-4,8-9,13,17H,5-7H2,1-2H3. The van der Waals surface area contributed by atoms with Crippen molar-refractivity contribution in [2.45, 2.75) is 25.9 Å². The molecular formula is C15H18FN5O. The molecule has 6 nitrogen and oxygen atoms in total. The van der Waals surface area contributed by atoms with E-state index in [1.54, 1.807) is 28.8 Å². The van der Waals surface area contributed by atoms with Crippen molar-refractivity contribution in [1.82, 2.24) is 20.1 Å². The summed E-state index contributed by atoms with van der Waals surface area (Å²) in [6.45, 7) is 2.93. The molecule has 0 spiro atoms. The first-order valence-corrected chi connectivity index (χ1v) is 7.20. The second kappa shape index (κ2) is 5.84. The van der Waals surface area contributed by atoms with Gasteiger partial charge in [-0.15, -0.1) is 0 Å². The maximum absolute atomic E-state index is 13.0. The van der Waals surface area contributed by atoms with E-state index in [1.165, 1.54) is 6.07 Å². The Morgan fingerprint density at radius 3 is 2.95 bits per heavy atom. The van der Waals surface area contributed by atoms with Crippen LogP contribution in [0.1, 0.15) is 17.7 Å². The van der Waals surface area contributed by atoms with Crippen LogP contribution in [0.5, 0.6) is 0 Å². The molecule has 1 unspecified atom stereocenters. The molecule has 0 aliphatic carbocycles. The number of carbonyl (C=O) groups is 1. The fraction of sp³-hybridized carbons (Fsp3) is 0.400. The summed E-state index contributed by atoms with van der Waals surface area (Å²) in [6, 6.07) is 2.80. The minimum atomic E-state index is -0.485. The highest BCUT2D eigenvalue weighted by molar-refractivity contribution is 5.99. The van der Waals surface area contributed by atoms with Crippen LogP contribution in [0.4, 0.5) is 10.1 Å². The number of halogens is 1. The van der Waals surface area contributed by atoms with Crippen LogP contribution in [0.15, 0.2) is 24.5 Å². The number of nitrogens with one attached hydrogen (secondary N) is 1. The zero-order valence-electron chi connectivity index (χ0n) is 12.6. The first-order chi connectivity index (χ1) is 10.5. The lowest BCUT2D eigenvalue weighted by molar-refractivity contribution is -0.118. The van der Waals surface area contributed by atoms with Gasteiger partial charge in [0.05, 0.1) is 17.9 Å². The van der Waals surface area contributed by atoms with E-state index in [-0.39, 0.29) is 11.9 Å². The zero-order chi connectivity index (χ0) is 15.7. The molecule has 1 saturated heterocycles. The van der Waals surface area contributed by atoms with Gasteiger partial charge >= 0.3 is 0 Å². The van der Waals surface area contributed by atoms with Gasteiger partial charge in [0.2, 0.25) is 11.9 Å². The van der Waals surface area contributed by atoms with Crippen LogP contribution in [0.2, 0.25) is 0 Å². The van der Waals surface area contributed by atoms with Gasteiger partial charge in [-0.2, -0.15) is 9.49 Å². The quantitative estimate of drug-likeness (QED) is 0.861. The van der Waals surface area contributed by atoms with Crippen molar-refractivity contribution in [2.75, 3.05) is 11.4 Å². The normalized spacial score (nSPS) is 18.2. The van der Waals surface area contributed by atoms with E-state index in [0.717, 1.165) is 17.7 Å². The molecule has 1 atom stereocenters. The number of hydrogen-bond acceptors (Lipinski definition) is 4. The van der Waals surface area contributed by atoms with Crippen molar-refractivity contribution < 1.29 is 9.18 Å². The van der Waals surface area contributed by atoms with Gasteiger partial charge in [-0.25, -0.2) is 4.98 Å². The molecular weight excluding hydrogens is 285 g/mol. The van der Waals surface area contributed by atoms with Crippen LogP contribution < -0.4 is 10.2 Å². The number of aromatic nitrogens is 3. The summed E-state index contributed by atoms with van der Waals surface area (Å²) < 4.78 is 14.7. The van der Waals surface area contributed by atoms with Crippen molar-refractivity contribution in [3.05, 3.63) is 41.7 Å². The van der Waals surface area contributed by atoms with E-state index in [4.69, 9.17) is 0 Å². The second-order valence-electron chi connectivity index (χ2n) is 5.46. The Balaban J connectivity index is 1.63. The Labute approximate surface area is 128 Å². The Hall–Kier alpha value is -2.28. The number of aryl methyl sites for hydroxylation is 2. The second-order valence-corrected chi connectivity index (χ2v) is 5.46. The molecule has 1 N–H and O–H groups in total. The molecule has 1 aliphatic heterocycles. The summed E-state index contributed by atoms with van der Waals surface area (Å²) in [5.74, 6) is -0.443. The van der Waals surface area contributed by atoms with Gasteiger partial charge in [-0.05, 0) is 25.0 Å². The summed E-state index contributed by atoms with van der Waals surface area (Å²) in [6.07, 6.45) is 4.25. The van der Waals surface area contributed by atoms with Gasteiger partial charge < -0.3 is 10.2 Å². The van der Waals surface area contributed by atoms with E-state index in [2.05, 4.69) is 15.4 Å². The van der Waals surface area contributed by atoms with Gasteiger partial charge in [0.1, 0.15) is 0 Å². The number of anilines is 1. The molecule has 7 heteroatoms. The topological polar surface area (TPSA) is 63.1 Å².